The van der Waals surface area contributed by atoms with Gasteiger partial charge in [-0.2, -0.15) is 11.8 Å². The number of ether oxygens (including phenoxy) is 2. The van der Waals surface area contributed by atoms with E-state index < -0.39 is 13.9 Å². The van der Waals surface area contributed by atoms with Crippen LogP contribution in [0.4, 0.5) is 0 Å². The van der Waals surface area contributed by atoms with Crippen molar-refractivity contribution in [2.75, 3.05) is 24.7 Å². The maximum absolute atomic E-state index is 12.3. The van der Waals surface area contributed by atoms with Crippen LogP contribution in [0.2, 0.25) is 0 Å². The summed E-state index contributed by atoms with van der Waals surface area (Å²) in [4.78, 5) is 40.3. The molecule has 10 heteroatoms. The molecule has 0 aliphatic heterocycles. The largest absolute Gasteiger partial charge is 0.469 e. The topological polar surface area (TPSA) is 119 Å². The van der Waals surface area contributed by atoms with Crippen LogP contribution in [-0.2, 0) is 28.2 Å². The Morgan fingerprint density at radius 3 is 1.86 bits per heavy atom. The molecule has 0 heterocycles. The van der Waals surface area contributed by atoms with Crippen LogP contribution in [0.15, 0.2) is 0 Å². The molecule has 0 fully saturated rings. The van der Waals surface area contributed by atoms with E-state index in [1.54, 1.807) is 11.8 Å². The molecule has 0 aliphatic rings. The maximum atomic E-state index is 12.3. The Balaban J connectivity index is 3.89. The zero-order chi connectivity index (χ0) is 27.5. The molecule has 0 bridgehead atoms. The quantitative estimate of drug-likeness (QED) is 0.0413. The number of esters is 1. The van der Waals surface area contributed by atoms with Crippen LogP contribution in [0.1, 0.15) is 129 Å². The normalized spacial score (nSPS) is 12.4. The van der Waals surface area contributed by atoms with Gasteiger partial charge in [0.1, 0.15) is 6.10 Å². The summed E-state index contributed by atoms with van der Waals surface area (Å²) in [5.41, 5.74) is 0. The summed E-state index contributed by atoms with van der Waals surface area (Å²) in [6.07, 6.45) is 20.5. The van der Waals surface area contributed by atoms with Gasteiger partial charge in [-0.25, -0.2) is 4.57 Å². The predicted octanol–water partition coefficient (Wildman–Crippen LogP) is 7.35. The first-order chi connectivity index (χ1) is 17.9. The summed E-state index contributed by atoms with van der Waals surface area (Å²) in [5.74, 6) is 1.03. The predicted molar refractivity (Wildman–Crippen MR) is 151 cm³/mol. The Labute approximate surface area is 229 Å². The van der Waals surface area contributed by atoms with Crippen LogP contribution in [0, 0.1) is 0 Å². The maximum Gasteiger partial charge on any atom is 0.469 e. The molecule has 0 aromatic carbocycles. The van der Waals surface area contributed by atoms with Gasteiger partial charge in [0.2, 0.25) is 0 Å². The fourth-order valence-electron chi connectivity index (χ4n) is 4.01. The molecule has 0 radical (unpaired) electrons. The van der Waals surface area contributed by atoms with Gasteiger partial charge in [0, 0.05) is 12.2 Å². The summed E-state index contributed by atoms with van der Waals surface area (Å²) in [6, 6.07) is 0. The third-order valence-corrected chi connectivity index (χ3v) is 7.80. The zero-order valence-corrected chi connectivity index (χ0v) is 24.8. The number of carbonyl (C=O) groups is 2. The summed E-state index contributed by atoms with van der Waals surface area (Å²) in [5, 5.41) is 0. The summed E-state index contributed by atoms with van der Waals surface area (Å²) in [7, 11) is -4.61. The van der Waals surface area contributed by atoms with Gasteiger partial charge in [-0.15, -0.1) is 0 Å². The van der Waals surface area contributed by atoms with Crippen LogP contribution in [0.25, 0.3) is 0 Å². The van der Waals surface area contributed by atoms with E-state index in [1.807, 2.05) is 0 Å². The van der Waals surface area contributed by atoms with Gasteiger partial charge < -0.3 is 19.3 Å². The first kappa shape index (κ1) is 36.4. The van der Waals surface area contributed by atoms with Crippen molar-refractivity contribution in [3.8, 4) is 0 Å². The molecule has 0 rings (SSSR count). The zero-order valence-electron chi connectivity index (χ0n) is 23.1. The lowest BCUT2D eigenvalue weighted by atomic mass is 10.1. The van der Waals surface area contributed by atoms with E-state index >= 15 is 0 Å². The second-order valence-electron chi connectivity index (χ2n) is 9.70. The molecule has 0 spiro atoms. The standard InChI is InChI=1S/C27H53O8PS/c1-2-3-4-5-6-7-8-9-11-14-17-20-27(29)35-26(23-34-36(30,31)32)24-37-22-19-16-13-10-12-15-18-21-33-25-28/h25-26H,2-24H2,1H3,(H2,30,31,32)/t26-/m1/s1. The second kappa shape index (κ2) is 27.0. The van der Waals surface area contributed by atoms with Crippen molar-refractivity contribution in [3.63, 3.8) is 0 Å². The molecule has 0 amide bonds. The van der Waals surface area contributed by atoms with Gasteiger partial charge in [0.25, 0.3) is 6.47 Å². The number of phosphoric ester groups is 1. The number of thioether (sulfide) groups is 1. The molecule has 0 unspecified atom stereocenters. The van der Waals surface area contributed by atoms with Crippen molar-refractivity contribution in [2.24, 2.45) is 0 Å². The monoisotopic (exact) mass is 568 g/mol. The Morgan fingerprint density at radius 2 is 1.32 bits per heavy atom. The fraction of sp³-hybridized carbons (Fsp3) is 0.926. The van der Waals surface area contributed by atoms with Gasteiger partial charge in [-0.05, 0) is 25.0 Å². The van der Waals surface area contributed by atoms with Crippen molar-refractivity contribution >= 4 is 32.0 Å². The first-order valence-corrected chi connectivity index (χ1v) is 17.1. The minimum absolute atomic E-state index is 0.297. The van der Waals surface area contributed by atoms with Gasteiger partial charge in [0.05, 0.1) is 13.2 Å². The number of rotatable bonds is 29. The van der Waals surface area contributed by atoms with Crippen LogP contribution >= 0.6 is 19.6 Å². The van der Waals surface area contributed by atoms with Crippen LogP contribution in [-0.4, -0.2) is 53.1 Å². The number of hydrogen-bond acceptors (Lipinski definition) is 7. The Morgan fingerprint density at radius 1 is 0.811 bits per heavy atom. The number of carbonyl (C=O) groups excluding carboxylic acids is 2. The molecule has 220 valence electrons. The fourth-order valence-corrected chi connectivity index (χ4v) is 5.37. The lowest BCUT2D eigenvalue weighted by Gasteiger charge is -2.18. The van der Waals surface area contributed by atoms with E-state index in [9.17, 15) is 14.2 Å². The molecule has 8 nitrogen and oxygen atoms in total. The minimum atomic E-state index is -4.61. The van der Waals surface area contributed by atoms with E-state index in [-0.39, 0.29) is 12.6 Å². The van der Waals surface area contributed by atoms with Crippen molar-refractivity contribution in [1.29, 1.82) is 0 Å². The van der Waals surface area contributed by atoms with E-state index in [1.165, 1.54) is 51.4 Å². The third-order valence-electron chi connectivity index (χ3n) is 6.13. The smallest absolute Gasteiger partial charge is 0.468 e. The molecule has 0 aromatic rings. The van der Waals surface area contributed by atoms with Crippen molar-refractivity contribution in [2.45, 2.75) is 135 Å². The molecule has 0 saturated heterocycles. The summed E-state index contributed by atoms with van der Waals surface area (Å²) < 4.78 is 25.8. The highest BCUT2D eigenvalue weighted by Crippen LogP contribution is 2.36. The molecule has 1 atom stereocenters. The highest BCUT2D eigenvalue weighted by atomic mass is 32.2. The van der Waals surface area contributed by atoms with Gasteiger partial charge in [-0.3, -0.25) is 14.1 Å². The van der Waals surface area contributed by atoms with Crippen molar-refractivity contribution < 1.29 is 37.9 Å². The highest BCUT2D eigenvalue weighted by molar-refractivity contribution is 7.99. The molecule has 0 aliphatic carbocycles. The van der Waals surface area contributed by atoms with Crippen LogP contribution in [0.5, 0.6) is 0 Å². The van der Waals surface area contributed by atoms with E-state index in [4.69, 9.17) is 14.5 Å². The molecule has 0 saturated carbocycles. The molecular formula is C27H53O8PS. The van der Waals surface area contributed by atoms with Gasteiger partial charge in [0.15, 0.2) is 0 Å². The Bertz CT molecular complexity index is 573. The van der Waals surface area contributed by atoms with Crippen molar-refractivity contribution in [1.82, 2.24) is 0 Å². The lowest BCUT2D eigenvalue weighted by Crippen LogP contribution is -2.25. The summed E-state index contributed by atoms with van der Waals surface area (Å²) in [6.45, 7) is 2.92. The average molecular weight is 569 g/mol. The van der Waals surface area contributed by atoms with Gasteiger partial charge in [-0.1, -0.05) is 103 Å². The van der Waals surface area contributed by atoms with E-state index in [2.05, 4.69) is 16.2 Å². The molecule has 2 N–H and O–H groups in total. The molecule has 0 aromatic heterocycles. The SMILES string of the molecule is CCCCCCCCCCCCCC(=O)O[C@H](COP(=O)(O)O)CSCCCCCCCCCOC=O. The summed E-state index contributed by atoms with van der Waals surface area (Å²) >= 11 is 1.62. The van der Waals surface area contributed by atoms with Crippen molar-refractivity contribution in [3.05, 3.63) is 0 Å². The average Bonchev–Trinajstić information content (AvgIpc) is 2.85. The Hall–Kier alpha value is -0.600. The van der Waals surface area contributed by atoms with E-state index in [0.29, 0.717) is 25.3 Å². The highest BCUT2D eigenvalue weighted by Gasteiger charge is 2.21. The number of hydrogen-bond donors (Lipinski definition) is 2. The number of phosphoric acid groups is 1. The van der Waals surface area contributed by atoms with E-state index in [0.717, 1.165) is 70.0 Å². The lowest BCUT2D eigenvalue weighted by molar-refractivity contribution is -0.149. The van der Waals surface area contributed by atoms with Gasteiger partial charge >= 0.3 is 13.8 Å². The molecule has 37 heavy (non-hydrogen) atoms. The third kappa shape index (κ3) is 29.8. The van der Waals surface area contributed by atoms with Crippen LogP contribution < -0.4 is 0 Å². The number of unbranched alkanes of at least 4 members (excludes halogenated alkanes) is 16. The Kier molecular flexibility index (Phi) is 26.5. The minimum Gasteiger partial charge on any atom is -0.468 e. The molecular weight excluding hydrogens is 515 g/mol. The van der Waals surface area contributed by atoms with Crippen LogP contribution in [0.3, 0.4) is 0 Å². The first-order valence-electron chi connectivity index (χ1n) is 14.4. The second-order valence-corrected chi connectivity index (χ2v) is 12.1.